The molecule has 43 heavy (non-hydrogen) atoms. The van der Waals surface area contributed by atoms with Gasteiger partial charge < -0.3 is 23.4 Å². The van der Waals surface area contributed by atoms with Gasteiger partial charge in [-0.05, 0) is 81.1 Å². The Morgan fingerprint density at radius 3 is 2.44 bits per heavy atom. The van der Waals surface area contributed by atoms with Crippen molar-refractivity contribution in [3.05, 3.63) is 52.0 Å². The van der Waals surface area contributed by atoms with Gasteiger partial charge in [-0.1, -0.05) is 45.7 Å². The fourth-order valence-electron chi connectivity index (χ4n) is 5.29. The van der Waals surface area contributed by atoms with Crippen LogP contribution in [0.25, 0.3) is 10.2 Å². The summed E-state index contributed by atoms with van der Waals surface area (Å²) in [5.41, 5.74) is 3.19. The third-order valence-electron chi connectivity index (χ3n) is 8.69. The molecule has 9 heteroatoms. The van der Waals surface area contributed by atoms with Crippen LogP contribution in [0.5, 0.6) is 11.5 Å². The first-order valence-corrected chi connectivity index (χ1v) is 19.3. The lowest BCUT2D eigenvalue weighted by atomic mass is 10.00. The minimum absolute atomic E-state index is 0.0119. The number of esters is 1. The number of carbonyl (C=O) groups excluding carboxylic acids is 1. The third kappa shape index (κ3) is 7.98. The molecule has 3 aromatic rings. The predicted molar refractivity (Wildman–Crippen MR) is 176 cm³/mol. The average Bonchev–Trinajstić information content (AvgIpc) is 3.60. The average molecular weight is 628 g/mol. The number of benzene rings is 2. The SMILES string of the molecule is CCOC(=O)c1cc(OCC)cc2sc(C[C@H](OC3CCCC3)[C@H](O[Si](C)(C)C(C)(C)C)c3ccc(C)c(OC)c3)nc12. The quantitative estimate of drug-likeness (QED) is 0.138. The number of hydrogen-bond donors (Lipinski definition) is 0. The Bertz CT molecular complexity index is 1390. The number of ether oxygens (including phenoxy) is 4. The molecule has 0 spiro atoms. The summed E-state index contributed by atoms with van der Waals surface area (Å²) in [5.74, 6) is 1.08. The van der Waals surface area contributed by atoms with Crippen molar-refractivity contribution in [2.24, 2.45) is 0 Å². The Hall–Kier alpha value is -2.46. The van der Waals surface area contributed by atoms with Gasteiger partial charge in [0.1, 0.15) is 11.5 Å². The molecule has 0 unspecified atom stereocenters. The third-order valence-corrected chi connectivity index (χ3v) is 14.2. The van der Waals surface area contributed by atoms with Crippen molar-refractivity contribution in [2.45, 2.75) is 110 Å². The molecule has 0 amide bonds. The van der Waals surface area contributed by atoms with E-state index in [0.717, 1.165) is 39.4 Å². The van der Waals surface area contributed by atoms with Gasteiger partial charge in [0.15, 0.2) is 8.32 Å². The normalized spacial score (nSPS) is 15.9. The molecule has 236 valence electrons. The summed E-state index contributed by atoms with van der Waals surface area (Å²) in [6.45, 7) is 18.0. The van der Waals surface area contributed by atoms with Crippen LogP contribution in [0.4, 0.5) is 0 Å². The molecular formula is C34H49NO6SSi. The first-order chi connectivity index (χ1) is 20.4. The van der Waals surface area contributed by atoms with Crippen molar-refractivity contribution in [1.29, 1.82) is 0 Å². The Balaban J connectivity index is 1.81. The minimum atomic E-state index is -2.22. The number of thiazole rings is 1. The van der Waals surface area contributed by atoms with Crippen molar-refractivity contribution in [3.8, 4) is 11.5 Å². The van der Waals surface area contributed by atoms with Gasteiger partial charge in [-0.25, -0.2) is 9.78 Å². The van der Waals surface area contributed by atoms with E-state index >= 15 is 0 Å². The van der Waals surface area contributed by atoms with Crippen LogP contribution in [-0.4, -0.2) is 51.8 Å². The molecule has 1 fully saturated rings. The summed E-state index contributed by atoms with van der Waals surface area (Å²) >= 11 is 1.57. The lowest BCUT2D eigenvalue weighted by molar-refractivity contribution is -0.0704. The van der Waals surface area contributed by atoms with Crippen LogP contribution in [-0.2, 0) is 20.3 Å². The molecule has 1 heterocycles. The van der Waals surface area contributed by atoms with E-state index in [4.69, 9.17) is 28.4 Å². The Labute approximate surface area is 262 Å². The van der Waals surface area contributed by atoms with Crippen molar-refractivity contribution in [3.63, 3.8) is 0 Å². The smallest absolute Gasteiger partial charge is 0.340 e. The van der Waals surface area contributed by atoms with Crippen molar-refractivity contribution in [2.75, 3.05) is 20.3 Å². The van der Waals surface area contributed by atoms with E-state index in [-0.39, 0.29) is 23.4 Å². The molecule has 4 rings (SSSR count). The van der Waals surface area contributed by atoms with E-state index in [1.54, 1.807) is 24.5 Å². The van der Waals surface area contributed by atoms with E-state index < -0.39 is 14.3 Å². The van der Waals surface area contributed by atoms with Crippen LogP contribution in [0.15, 0.2) is 30.3 Å². The molecular weight excluding hydrogens is 579 g/mol. The Morgan fingerprint density at radius 2 is 1.81 bits per heavy atom. The first-order valence-electron chi connectivity index (χ1n) is 15.6. The summed E-state index contributed by atoms with van der Waals surface area (Å²) in [7, 11) is -0.515. The van der Waals surface area contributed by atoms with Crippen LogP contribution >= 0.6 is 11.3 Å². The second kappa shape index (κ2) is 14.1. The molecule has 7 nitrogen and oxygen atoms in total. The highest BCUT2D eigenvalue weighted by atomic mass is 32.1. The van der Waals surface area contributed by atoms with Gasteiger partial charge in [0.05, 0.1) is 59.4 Å². The zero-order chi connectivity index (χ0) is 31.4. The molecule has 0 saturated heterocycles. The fraction of sp³-hybridized carbons (Fsp3) is 0.588. The monoisotopic (exact) mass is 627 g/mol. The Kier molecular flexibility index (Phi) is 11.0. The highest BCUT2D eigenvalue weighted by molar-refractivity contribution is 7.18. The van der Waals surface area contributed by atoms with E-state index in [1.165, 1.54) is 12.8 Å². The van der Waals surface area contributed by atoms with Gasteiger partial charge in [0.2, 0.25) is 0 Å². The number of nitrogens with zero attached hydrogens (tertiary/aromatic N) is 1. The largest absolute Gasteiger partial charge is 0.496 e. The molecule has 2 aromatic carbocycles. The number of rotatable bonds is 13. The molecule has 0 radical (unpaired) electrons. The molecule has 0 bridgehead atoms. The number of fused-ring (bicyclic) bond motifs is 1. The van der Waals surface area contributed by atoms with Gasteiger partial charge in [0.25, 0.3) is 0 Å². The molecule has 0 aliphatic heterocycles. The zero-order valence-corrected chi connectivity index (χ0v) is 29.2. The summed E-state index contributed by atoms with van der Waals surface area (Å²) in [4.78, 5) is 18.0. The maximum absolute atomic E-state index is 12.9. The van der Waals surface area contributed by atoms with Gasteiger partial charge in [-0.2, -0.15) is 0 Å². The van der Waals surface area contributed by atoms with Crippen LogP contribution in [0.2, 0.25) is 18.1 Å². The molecule has 1 aromatic heterocycles. The van der Waals surface area contributed by atoms with Crippen LogP contribution in [0, 0.1) is 6.92 Å². The lowest BCUT2D eigenvalue weighted by Gasteiger charge is -2.42. The lowest BCUT2D eigenvalue weighted by Crippen LogP contribution is -2.45. The van der Waals surface area contributed by atoms with Crippen LogP contribution in [0.3, 0.4) is 0 Å². The topological polar surface area (TPSA) is 76.1 Å². The number of aryl methyl sites for hydroxylation is 1. The van der Waals surface area contributed by atoms with Crippen molar-refractivity contribution >= 4 is 35.8 Å². The molecule has 2 atom stereocenters. The predicted octanol–water partition coefficient (Wildman–Crippen LogP) is 8.82. The maximum Gasteiger partial charge on any atom is 0.340 e. The standard InChI is InChI=1S/C34H49NO6SSi/c1-10-38-25-19-26(33(36)39-11-2)31-29(20-25)42-30(35-31)21-28(40-24-14-12-13-15-24)32(41-43(8,9)34(4,5)6)23-17-16-22(3)27(18-23)37-7/h16-20,24,28,32H,10-15,21H2,1-9H3/t28-,32+/m0/s1. The van der Waals surface area contributed by atoms with Crippen molar-refractivity contribution in [1.82, 2.24) is 4.98 Å². The highest BCUT2D eigenvalue weighted by Gasteiger charge is 2.42. The van der Waals surface area contributed by atoms with Crippen LogP contribution in [0.1, 0.15) is 92.9 Å². The summed E-state index contributed by atoms with van der Waals surface area (Å²) in [6.07, 6.45) is 4.58. The fourth-order valence-corrected chi connectivity index (χ4v) is 7.63. The van der Waals surface area contributed by atoms with Gasteiger partial charge in [0, 0.05) is 6.42 Å². The number of hydrogen-bond acceptors (Lipinski definition) is 8. The van der Waals surface area contributed by atoms with Crippen molar-refractivity contribution < 1.29 is 28.2 Å². The molecule has 0 N–H and O–H groups in total. The number of carbonyl (C=O) groups is 1. The summed E-state index contributed by atoms with van der Waals surface area (Å²) in [6, 6.07) is 10.0. The summed E-state index contributed by atoms with van der Waals surface area (Å²) < 4.78 is 32.0. The molecule has 1 aliphatic rings. The van der Waals surface area contributed by atoms with E-state index in [2.05, 4.69) is 59.0 Å². The van der Waals surface area contributed by atoms with Gasteiger partial charge in [-0.3, -0.25) is 0 Å². The van der Waals surface area contributed by atoms with Crippen LogP contribution < -0.4 is 9.47 Å². The summed E-state index contributed by atoms with van der Waals surface area (Å²) in [5, 5.41) is 0.901. The number of aromatic nitrogens is 1. The maximum atomic E-state index is 12.9. The highest BCUT2D eigenvalue weighted by Crippen LogP contribution is 2.43. The number of methoxy groups -OCH3 is 1. The van der Waals surface area contributed by atoms with Gasteiger partial charge in [-0.15, -0.1) is 11.3 Å². The van der Waals surface area contributed by atoms with E-state index in [0.29, 0.717) is 36.5 Å². The Morgan fingerprint density at radius 1 is 1.09 bits per heavy atom. The second-order valence-corrected chi connectivity index (χ2v) is 18.8. The first kappa shape index (κ1) is 33.4. The second-order valence-electron chi connectivity index (χ2n) is 12.9. The van der Waals surface area contributed by atoms with E-state index in [1.807, 2.05) is 19.9 Å². The van der Waals surface area contributed by atoms with E-state index in [9.17, 15) is 4.79 Å². The minimum Gasteiger partial charge on any atom is -0.496 e. The molecule has 1 aliphatic carbocycles. The zero-order valence-electron chi connectivity index (χ0n) is 27.4. The molecule has 1 saturated carbocycles. The van der Waals surface area contributed by atoms with Gasteiger partial charge >= 0.3 is 5.97 Å².